The van der Waals surface area contributed by atoms with E-state index in [2.05, 4.69) is 10.6 Å². The van der Waals surface area contributed by atoms with Crippen molar-refractivity contribution in [3.63, 3.8) is 0 Å². The van der Waals surface area contributed by atoms with Crippen LogP contribution in [0.25, 0.3) is 11.1 Å². The van der Waals surface area contributed by atoms with Crippen molar-refractivity contribution in [2.24, 2.45) is 0 Å². The van der Waals surface area contributed by atoms with E-state index in [1.165, 1.54) is 0 Å². The molecular weight excluding hydrogens is 873 g/mol. The number of benzene rings is 6. The molecule has 0 saturated carbocycles. The van der Waals surface area contributed by atoms with Gasteiger partial charge in [-0.25, -0.2) is 9.59 Å². The molecule has 1 heterocycles. The van der Waals surface area contributed by atoms with Gasteiger partial charge in [0.25, 0.3) is 0 Å². The van der Waals surface area contributed by atoms with Crippen LogP contribution in [0, 0.1) is 0 Å². The van der Waals surface area contributed by atoms with E-state index in [9.17, 15) is 14.4 Å². The third-order valence-corrected chi connectivity index (χ3v) is 11.9. The number of rotatable bonds is 20. The van der Waals surface area contributed by atoms with Gasteiger partial charge >= 0.3 is 12.1 Å². The van der Waals surface area contributed by atoms with Crippen molar-refractivity contribution < 1.29 is 47.5 Å². The molecule has 2 N–H and O–H groups in total. The summed E-state index contributed by atoms with van der Waals surface area (Å²) in [5.41, 5.74) is 7.02. The number of carbonyl (C=O) groups is 3. The van der Waals surface area contributed by atoms with Crippen LogP contribution in [0.2, 0.25) is 0 Å². The van der Waals surface area contributed by atoms with E-state index in [1.807, 2.05) is 170 Å². The molecule has 1 aliphatic carbocycles. The van der Waals surface area contributed by atoms with Crippen LogP contribution in [0.3, 0.4) is 0 Å². The van der Waals surface area contributed by atoms with Crippen molar-refractivity contribution in [3.05, 3.63) is 203 Å². The van der Waals surface area contributed by atoms with Crippen molar-refractivity contribution in [1.29, 1.82) is 0 Å². The Balaban J connectivity index is 1.05. The number of hydrogen-bond acceptors (Lipinski definition) is 10. The normalized spacial score (nSPS) is 19.1. The van der Waals surface area contributed by atoms with Crippen LogP contribution in [0.15, 0.2) is 170 Å². The molecule has 8 rings (SSSR count). The second-order valence-electron chi connectivity index (χ2n) is 18.2. The molecule has 0 unspecified atom stereocenters. The van der Waals surface area contributed by atoms with E-state index < -0.39 is 66.7 Å². The first-order valence-corrected chi connectivity index (χ1v) is 23.5. The maximum absolute atomic E-state index is 14.5. The zero-order chi connectivity index (χ0) is 48.0. The topological polar surface area (TPSA) is 140 Å². The molecule has 2 aliphatic rings. The zero-order valence-corrected chi connectivity index (χ0v) is 39.2. The van der Waals surface area contributed by atoms with Gasteiger partial charge in [0.1, 0.15) is 42.7 Å². The van der Waals surface area contributed by atoms with Crippen LogP contribution in [0.4, 0.5) is 4.79 Å². The van der Waals surface area contributed by atoms with Gasteiger partial charge in [0.2, 0.25) is 5.91 Å². The third-order valence-electron chi connectivity index (χ3n) is 11.9. The van der Waals surface area contributed by atoms with Crippen molar-refractivity contribution in [2.45, 2.75) is 102 Å². The number of esters is 1. The second-order valence-corrected chi connectivity index (χ2v) is 18.2. The summed E-state index contributed by atoms with van der Waals surface area (Å²) < 4.78 is 45.0. The van der Waals surface area contributed by atoms with Gasteiger partial charge in [-0.05, 0) is 65.3 Å². The largest absolute Gasteiger partial charge is 0.458 e. The predicted molar refractivity (Wildman–Crippen MR) is 260 cm³/mol. The van der Waals surface area contributed by atoms with E-state index in [0.29, 0.717) is 6.61 Å². The summed E-state index contributed by atoms with van der Waals surface area (Å²) in [4.78, 5) is 42.0. The molecule has 358 valence electrons. The van der Waals surface area contributed by atoms with Crippen LogP contribution in [-0.4, -0.2) is 73.5 Å². The molecule has 6 aromatic rings. The van der Waals surface area contributed by atoms with E-state index in [0.717, 1.165) is 44.5 Å². The van der Waals surface area contributed by atoms with Crippen molar-refractivity contribution >= 4 is 18.0 Å². The second kappa shape index (κ2) is 23.6. The Hall–Kier alpha value is -6.67. The molecule has 6 aromatic carbocycles. The monoisotopic (exact) mass is 932 g/mol. The number of hydrogen-bond donors (Lipinski definition) is 2. The Kier molecular flexibility index (Phi) is 16.7. The molecule has 1 fully saturated rings. The summed E-state index contributed by atoms with van der Waals surface area (Å²) in [6.07, 6.45) is -5.81. The highest BCUT2D eigenvalue weighted by Crippen LogP contribution is 2.44. The Labute approximate surface area is 404 Å². The average Bonchev–Trinajstić information content (AvgIpc) is 3.68. The number of amides is 2. The minimum absolute atomic E-state index is 0.00898. The molecule has 6 atom stereocenters. The molecule has 0 spiro atoms. The SMILES string of the molecule is CC(C)(C)OC(=O)[C@H](CC(=O)N[C@@H]1O[C@H](COCc2ccccc2)[C@@H](OCc2ccccc2)[C@H](OCc2ccccc2)[C@H]1OCc1ccccc1)NC(=O)OCC1c2ccccc2-c2ccccc21. The van der Waals surface area contributed by atoms with Crippen molar-refractivity contribution in [2.75, 3.05) is 13.2 Å². The van der Waals surface area contributed by atoms with E-state index in [4.69, 9.17) is 33.2 Å². The van der Waals surface area contributed by atoms with Gasteiger partial charge in [-0.3, -0.25) is 4.79 Å². The first-order chi connectivity index (χ1) is 33.6. The lowest BCUT2D eigenvalue weighted by molar-refractivity contribution is -0.277. The molecule has 1 saturated heterocycles. The molecule has 1 aliphatic heterocycles. The molecular formula is C57H60N2O10. The average molecular weight is 933 g/mol. The number of fused-ring (bicyclic) bond motifs is 3. The molecule has 0 radical (unpaired) electrons. The van der Waals surface area contributed by atoms with Gasteiger partial charge in [0, 0.05) is 5.92 Å². The lowest BCUT2D eigenvalue weighted by Gasteiger charge is -2.46. The summed E-state index contributed by atoms with van der Waals surface area (Å²) in [5, 5.41) is 5.65. The Morgan fingerprint density at radius 2 is 1.00 bits per heavy atom. The molecule has 69 heavy (non-hydrogen) atoms. The third kappa shape index (κ3) is 13.5. The van der Waals surface area contributed by atoms with Crippen LogP contribution in [0.5, 0.6) is 0 Å². The standard InChI is InChI=1S/C57H60N2O10/c1-57(2,3)69-55(61)48(58-56(62)67-37-47-45-30-18-16-28-43(45)44-29-17-19-31-46(44)47)32-50(60)59-54-53(66-36-42-26-14-7-15-27-42)52(65-35-41-24-12-6-13-25-41)51(64-34-40-22-10-5-11-23-40)49(68-54)38-63-33-39-20-8-4-9-21-39/h4-31,47-49,51-54H,32-38H2,1-3H3,(H,58,62)(H,59,60)/t48-,49+,51+,52-,53+,54+/m0/s1. The smallest absolute Gasteiger partial charge is 0.407 e. The summed E-state index contributed by atoms with van der Waals surface area (Å²) in [7, 11) is 0. The number of carbonyl (C=O) groups excluding carboxylic acids is 3. The summed E-state index contributed by atoms with van der Waals surface area (Å²) >= 11 is 0. The molecule has 12 heteroatoms. The number of ether oxygens (including phenoxy) is 7. The maximum atomic E-state index is 14.5. The molecule has 12 nitrogen and oxygen atoms in total. The highest BCUT2D eigenvalue weighted by Gasteiger charge is 2.49. The molecule has 0 aromatic heterocycles. The first kappa shape index (κ1) is 48.8. The molecule has 0 bridgehead atoms. The van der Waals surface area contributed by atoms with Gasteiger partial charge in [0.05, 0.1) is 39.5 Å². The van der Waals surface area contributed by atoms with Gasteiger partial charge in [0.15, 0.2) is 6.23 Å². The van der Waals surface area contributed by atoms with Crippen molar-refractivity contribution in [3.8, 4) is 11.1 Å². The fourth-order valence-electron chi connectivity index (χ4n) is 8.66. The van der Waals surface area contributed by atoms with Gasteiger partial charge < -0.3 is 43.8 Å². The van der Waals surface area contributed by atoms with Crippen LogP contribution in [-0.2, 0) is 69.2 Å². The van der Waals surface area contributed by atoms with Gasteiger partial charge in [-0.2, -0.15) is 0 Å². The maximum Gasteiger partial charge on any atom is 0.407 e. The molecule has 2 amide bonds. The van der Waals surface area contributed by atoms with E-state index >= 15 is 0 Å². The summed E-state index contributed by atoms with van der Waals surface area (Å²) in [6, 6.07) is 53.6. The van der Waals surface area contributed by atoms with Gasteiger partial charge in [-0.1, -0.05) is 170 Å². The Morgan fingerprint density at radius 1 is 0.551 bits per heavy atom. The zero-order valence-electron chi connectivity index (χ0n) is 39.2. The van der Waals surface area contributed by atoms with E-state index in [-0.39, 0.29) is 39.0 Å². The minimum atomic E-state index is -1.43. The highest BCUT2D eigenvalue weighted by molar-refractivity contribution is 5.88. The quantitative estimate of drug-likeness (QED) is 0.0712. The number of alkyl carbamates (subject to hydrolysis) is 1. The highest BCUT2D eigenvalue weighted by atomic mass is 16.6. The lowest BCUT2D eigenvalue weighted by Crippen LogP contribution is -2.65. The van der Waals surface area contributed by atoms with E-state index in [1.54, 1.807) is 20.8 Å². The lowest BCUT2D eigenvalue weighted by atomic mass is 9.96. The van der Waals surface area contributed by atoms with Crippen LogP contribution >= 0.6 is 0 Å². The fourth-order valence-corrected chi connectivity index (χ4v) is 8.66. The summed E-state index contributed by atoms with van der Waals surface area (Å²) in [6.45, 7) is 6.10. The summed E-state index contributed by atoms with van der Waals surface area (Å²) in [5.74, 6) is -1.65. The predicted octanol–water partition coefficient (Wildman–Crippen LogP) is 9.44. The Bertz CT molecular complexity index is 2530. The van der Waals surface area contributed by atoms with Crippen LogP contribution < -0.4 is 10.6 Å². The number of nitrogens with one attached hydrogen (secondary N) is 2. The first-order valence-electron chi connectivity index (χ1n) is 23.5. The van der Waals surface area contributed by atoms with Crippen LogP contribution in [0.1, 0.15) is 66.5 Å². The van der Waals surface area contributed by atoms with Gasteiger partial charge in [-0.15, -0.1) is 0 Å². The van der Waals surface area contributed by atoms with Crippen molar-refractivity contribution in [1.82, 2.24) is 10.6 Å². The minimum Gasteiger partial charge on any atom is -0.458 e. The Morgan fingerprint density at radius 3 is 1.51 bits per heavy atom. The fraction of sp³-hybridized carbons (Fsp3) is 0.316.